The number of hydrogen-bond donors (Lipinski definition) is 2. The molecule has 1 aliphatic heterocycles. The van der Waals surface area contributed by atoms with Crippen LogP contribution in [0, 0.1) is 0 Å². The summed E-state index contributed by atoms with van der Waals surface area (Å²) in [7, 11) is 0. The normalized spacial score (nSPS) is 24.6. The molecule has 1 atom stereocenters. The van der Waals surface area contributed by atoms with Crippen LogP contribution in [0.3, 0.4) is 0 Å². The van der Waals surface area contributed by atoms with E-state index in [1.807, 2.05) is 12.3 Å². The molecule has 0 fully saturated rings. The maximum absolute atomic E-state index is 9.88. The SMILES string of the molecule is CC1=CSC(NC=O)N1. The Labute approximate surface area is 57.9 Å². The monoisotopic (exact) mass is 144 g/mol. The Morgan fingerprint density at radius 3 is 3.22 bits per heavy atom. The summed E-state index contributed by atoms with van der Waals surface area (Å²) in [5.41, 5.74) is 1.14. The van der Waals surface area contributed by atoms with Crippen molar-refractivity contribution in [3.8, 4) is 0 Å². The molecule has 0 saturated carbocycles. The van der Waals surface area contributed by atoms with E-state index >= 15 is 0 Å². The lowest BCUT2D eigenvalue weighted by molar-refractivity contribution is -0.109. The van der Waals surface area contributed by atoms with Crippen LogP contribution >= 0.6 is 11.8 Å². The summed E-state index contributed by atoms with van der Waals surface area (Å²) in [5, 5.41) is 7.60. The second-order valence-electron chi connectivity index (χ2n) is 1.75. The maximum atomic E-state index is 9.88. The van der Waals surface area contributed by atoms with Gasteiger partial charge in [0.15, 0.2) is 5.50 Å². The first-order chi connectivity index (χ1) is 4.33. The molecule has 0 aromatic rings. The van der Waals surface area contributed by atoms with E-state index in [0.717, 1.165) is 5.70 Å². The second kappa shape index (κ2) is 2.77. The third kappa shape index (κ3) is 1.64. The fourth-order valence-corrected chi connectivity index (χ4v) is 1.38. The van der Waals surface area contributed by atoms with Gasteiger partial charge in [-0.25, -0.2) is 0 Å². The lowest BCUT2D eigenvalue weighted by atomic mass is 10.6. The molecular formula is C5H8N2OS. The molecule has 3 nitrogen and oxygen atoms in total. The molecule has 0 aromatic carbocycles. The van der Waals surface area contributed by atoms with Gasteiger partial charge in [-0.2, -0.15) is 0 Å². The smallest absolute Gasteiger partial charge is 0.209 e. The lowest BCUT2D eigenvalue weighted by Gasteiger charge is -2.08. The molecule has 0 radical (unpaired) electrons. The number of carbonyl (C=O) groups is 1. The molecule has 0 spiro atoms. The van der Waals surface area contributed by atoms with Gasteiger partial charge in [-0.15, -0.1) is 0 Å². The van der Waals surface area contributed by atoms with Crippen LogP contribution in [0.15, 0.2) is 11.1 Å². The number of nitrogens with one attached hydrogen (secondary N) is 2. The zero-order valence-corrected chi connectivity index (χ0v) is 5.87. The van der Waals surface area contributed by atoms with Gasteiger partial charge in [0.25, 0.3) is 0 Å². The summed E-state index contributed by atoms with van der Waals surface area (Å²) >= 11 is 1.56. The molecule has 0 aliphatic carbocycles. The van der Waals surface area contributed by atoms with Crippen molar-refractivity contribution < 1.29 is 4.79 Å². The Kier molecular flexibility index (Phi) is 2.00. The Hall–Kier alpha value is -0.640. The third-order valence-electron chi connectivity index (χ3n) is 0.959. The molecule has 1 unspecified atom stereocenters. The van der Waals surface area contributed by atoms with E-state index in [1.54, 1.807) is 11.8 Å². The fraction of sp³-hybridized carbons (Fsp3) is 0.400. The van der Waals surface area contributed by atoms with Crippen LogP contribution in [0.2, 0.25) is 0 Å². The number of allylic oxidation sites excluding steroid dienone is 1. The van der Waals surface area contributed by atoms with Crippen LogP contribution in [-0.4, -0.2) is 11.9 Å². The van der Waals surface area contributed by atoms with Crippen molar-refractivity contribution in [2.45, 2.75) is 12.4 Å². The molecule has 0 bridgehead atoms. The standard InChI is InChI=1S/C5H8N2OS/c1-4-2-9-5(7-4)6-3-8/h2-3,5,7H,1H3,(H,6,8). The van der Waals surface area contributed by atoms with Gasteiger partial charge >= 0.3 is 0 Å². The van der Waals surface area contributed by atoms with Crippen molar-refractivity contribution in [2.75, 3.05) is 0 Å². The number of rotatable bonds is 2. The molecule has 4 heteroatoms. The van der Waals surface area contributed by atoms with Crippen LogP contribution < -0.4 is 10.6 Å². The average molecular weight is 144 g/mol. The van der Waals surface area contributed by atoms with E-state index in [9.17, 15) is 4.79 Å². The molecule has 1 amide bonds. The van der Waals surface area contributed by atoms with Gasteiger partial charge in [0.05, 0.1) is 0 Å². The largest absolute Gasteiger partial charge is 0.360 e. The molecule has 1 rings (SSSR count). The van der Waals surface area contributed by atoms with E-state index < -0.39 is 0 Å². The number of thioether (sulfide) groups is 1. The van der Waals surface area contributed by atoms with Gasteiger partial charge in [-0.1, -0.05) is 11.8 Å². The molecule has 1 heterocycles. The van der Waals surface area contributed by atoms with E-state index in [1.165, 1.54) is 0 Å². The molecule has 1 aliphatic rings. The quantitative estimate of drug-likeness (QED) is 0.544. The van der Waals surface area contributed by atoms with Crippen molar-refractivity contribution in [1.82, 2.24) is 10.6 Å². The molecule has 9 heavy (non-hydrogen) atoms. The minimum absolute atomic E-state index is 0.0440. The molecular weight excluding hydrogens is 136 g/mol. The van der Waals surface area contributed by atoms with Crippen molar-refractivity contribution in [3.63, 3.8) is 0 Å². The highest BCUT2D eigenvalue weighted by Crippen LogP contribution is 2.16. The zero-order chi connectivity index (χ0) is 6.69. The van der Waals surface area contributed by atoms with Gasteiger partial charge in [-0.3, -0.25) is 4.79 Å². The fourth-order valence-electron chi connectivity index (χ4n) is 0.588. The second-order valence-corrected chi connectivity index (χ2v) is 2.73. The summed E-state index contributed by atoms with van der Waals surface area (Å²) < 4.78 is 0. The highest BCUT2D eigenvalue weighted by Gasteiger charge is 2.10. The van der Waals surface area contributed by atoms with Crippen LogP contribution in [0.5, 0.6) is 0 Å². The summed E-state index contributed by atoms with van der Waals surface area (Å²) in [6, 6.07) is 0. The minimum Gasteiger partial charge on any atom is -0.360 e. The van der Waals surface area contributed by atoms with E-state index in [2.05, 4.69) is 10.6 Å². The van der Waals surface area contributed by atoms with Gasteiger partial charge in [0.1, 0.15) is 0 Å². The van der Waals surface area contributed by atoms with Gasteiger partial charge in [0, 0.05) is 5.70 Å². The number of amides is 1. The molecule has 50 valence electrons. The summed E-state index contributed by atoms with van der Waals surface area (Å²) in [6.07, 6.45) is 0.692. The minimum atomic E-state index is 0.0440. The Morgan fingerprint density at radius 2 is 2.78 bits per heavy atom. The van der Waals surface area contributed by atoms with Crippen molar-refractivity contribution in [2.24, 2.45) is 0 Å². The number of carbonyl (C=O) groups excluding carboxylic acids is 1. The first kappa shape index (κ1) is 6.48. The Balaban J connectivity index is 2.28. The molecule has 0 saturated heterocycles. The maximum Gasteiger partial charge on any atom is 0.209 e. The van der Waals surface area contributed by atoms with Gasteiger partial charge < -0.3 is 10.6 Å². The van der Waals surface area contributed by atoms with Gasteiger partial charge in [-0.05, 0) is 12.3 Å². The van der Waals surface area contributed by atoms with Crippen molar-refractivity contribution in [1.29, 1.82) is 0 Å². The van der Waals surface area contributed by atoms with Crippen molar-refractivity contribution in [3.05, 3.63) is 11.1 Å². The highest BCUT2D eigenvalue weighted by molar-refractivity contribution is 8.02. The average Bonchev–Trinajstić information content (AvgIpc) is 2.17. The van der Waals surface area contributed by atoms with Crippen LogP contribution in [0.4, 0.5) is 0 Å². The molecule has 0 aromatic heterocycles. The van der Waals surface area contributed by atoms with Crippen LogP contribution in [0.25, 0.3) is 0 Å². The van der Waals surface area contributed by atoms with Gasteiger partial charge in [0.2, 0.25) is 6.41 Å². The Morgan fingerprint density at radius 1 is 2.00 bits per heavy atom. The first-order valence-corrected chi connectivity index (χ1v) is 3.55. The highest BCUT2D eigenvalue weighted by atomic mass is 32.2. The van der Waals surface area contributed by atoms with E-state index in [-0.39, 0.29) is 5.50 Å². The van der Waals surface area contributed by atoms with Crippen molar-refractivity contribution >= 4 is 18.2 Å². The summed E-state index contributed by atoms with van der Waals surface area (Å²) in [4.78, 5) is 9.88. The number of hydrogen-bond acceptors (Lipinski definition) is 3. The third-order valence-corrected chi connectivity index (χ3v) is 1.97. The topological polar surface area (TPSA) is 41.1 Å². The van der Waals surface area contributed by atoms with Crippen LogP contribution in [-0.2, 0) is 4.79 Å². The lowest BCUT2D eigenvalue weighted by Crippen LogP contribution is -2.34. The van der Waals surface area contributed by atoms with E-state index in [0.29, 0.717) is 6.41 Å². The predicted octanol–water partition coefficient (Wildman–Crippen LogP) is 0.214. The van der Waals surface area contributed by atoms with E-state index in [4.69, 9.17) is 0 Å². The first-order valence-electron chi connectivity index (χ1n) is 2.61. The zero-order valence-electron chi connectivity index (χ0n) is 5.05. The predicted molar refractivity (Wildman–Crippen MR) is 37.5 cm³/mol. The Bertz CT molecular complexity index is 146. The summed E-state index contributed by atoms with van der Waals surface area (Å²) in [6.45, 7) is 1.96. The van der Waals surface area contributed by atoms with Crippen LogP contribution in [0.1, 0.15) is 6.92 Å². The summed E-state index contributed by atoms with van der Waals surface area (Å²) in [5.74, 6) is 0. The molecule has 2 N–H and O–H groups in total.